The lowest BCUT2D eigenvalue weighted by molar-refractivity contribution is 0.101. The first-order valence-corrected chi connectivity index (χ1v) is 12.5. The highest BCUT2D eigenvalue weighted by Crippen LogP contribution is 2.41. The number of ketones is 1. The van der Waals surface area contributed by atoms with E-state index in [2.05, 4.69) is 21.2 Å². The number of hydrogen-bond acceptors (Lipinski definition) is 8. The van der Waals surface area contributed by atoms with Crippen LogP contribution in [0.5, 0.6) is 11.5 Å². The van der Waals surface area contributed by atoms with Crippen LogP contribution in [0.1, 0.15) is 23.1 Å². The lowest BCUT2D eigenvalue weighted by Crippen LogP contribution is -2.47. The maximum Gasteiger partial charge on any atom is 0.161 e. The van der Waals surface area contributed by atoms with Gasteiger partial charge in [-0.05, 0) is 55.8 Å². The van der Waals surface area contributed by atoms with E-state index >= 15 is 0 Å². The van der Waals surface area contributed by atoms with Crippen molar-refractivity contribution in [1.82, 2.24) is 9.97 Å². The minimum Gasteiger partial charge on any atom is -0.493 e. The second-order valence-electron chi connectivity index (χ2n) is 8.57. The molecule has 1 aliphatic rings. The summed E-state index contributed by atoms with van der Waals surface area (Å²) < 4.78 is 11.0. The van der Waals surface area contributed by atoms with Gasteiger partial charge in [0.25, 0.3) is 0 Å². The van der Waals surface area contributed by atoms with Crippen LogP contribution in [-0.2, 0) is 0 Å². The van der Waals surface area contributed by atoms with Crippen LogP contribution in [0.4, 0.5) is 11.5 Å². The minimum absolute atomic E-state index is 0.0885. The van der Waals surface area contributed by atoms with E-state index in [-0.39, 0.29) is 5.78 Å². The van der Waals surface area contributed by atoms with Gasteiger partial charge in [0.1, 0.15) is 16.5 Å². The van der Waals surface area contributed by atoms with Crippen LogP contribution in [0.3, 0.4) is 0 Å². The number of hydrogen-bond donors (Lipinski definition) is 0. The van der Waals surface area contributed by atoms with Crippen LogP contribution in [-0.4, -0.2) is 56.1 Å². The first-order chi connectivity index (χ1) is 17.0. The first kappa shape index (κ1) is 23.1. The summed E-state index contributed by atoms with van der Waals surface area (Å²) in [5.74, 6) is 3.24. The van der Waals surface area contributed by atoms with Gasteiger partial charge < -0.3 is 19.3 Å². The zero-order valence-electron chi connectivity index (χ0n) is 20.4. The van der Waals surface area contributed by atoms with E-state index < -0.39 is 0 Å². The van der Waals surface area contributed by atoms with Crippen LogP contribution >= 0.6 is 11.3 Å². The van der Waals surface area contributed by atoms with Gasteiger partial charge in [0.15, 0.2) is 17.3 Å². The van der Waals surface area contributed by atoms with Gasteiger partial charge in [0.05, 0.1) is 19.6 Å². The number of methoxy groups -OCH3 is 2. The summed E-state index contributed by atoms with van der Waals surface area (Å²) in [5.41, 5.74) is 4.03. The molecule has 4 aromatic rings. The molecule has 0 spiro atoms. The summed E-state index contributed by atoms with van der Waals surface area (Å²) in [7, 11) is 3.29. The van der Waals surface area contributed by atoms with E-state index in [0.29, 0.717) is 11.5 Å². The van der Waals surface area contributed by atoms with Gasteiger partial charge >= 0.3 is 0 Å². The smallest absolute Gasteiger partial charge is 0.161 e. The van der Waals surface area contributed by atoms with Crippen molar-refractivity contribution in [1.29, 1.82) is 0 Å². The van der Waals surface area contributed by atoms with Crippen molar-refractivity contribution in [3.05, 3.63) is 59.2 Å². The summed E-state index contributed by atoms with van der Waals surface area (Å²) in [6.07, 6.45) is 0. The third kappa shape index (κ3) is 4.41. The Balaban J connectivity index is 1.45. The van der Waals surface area contributed by atoms with Gasteiger partial charge in [-0.15, -0.1) is 11.3 Å². The molecule has 1 aliphatic heterocycles. The van der Waals surface area contributed by atoms with Crippen molar-refractivity contribution in [3.8, 4) is 22.6 Å². The van der Waals surface area contributed by atoms with Gasteiger partial charge in [-0.1, -0.05) is 6.07 Å². The number of carbonyl (C=O) groups is 1. The number of piperazine rings is 1. The number of rotatable bonds is 6. The molecule has 3 heterocycles. The summed E-state index contributed by atoms with van der Waals surface area (Å²) in [6, 6.07) is 13.9. The number of Topliss-reactive ketones (excluding diaryl/α,β-unsaturated/α-hetero) is 1. The molecule has 2 aromatic heterocycles. The van der Waals surface area contributed by atoms with Crippen LogP contribution in [0.15, 0.2) is 47.8 Å². The number of fused-ring (bicyclic) bond motifs is 1. The number of ether oxygens (including phenoxy) is 2. The van der Waals surface area contributed by atoms with Gasteiger partial charge in [-0.3, -0.25) is 4.79 Å². The summed E-state index contributed by atoms with van der Waals surface area (Å²) in [6.45, 7) is 6.99. The maximum atomic E-state index is 11.6. The molecule has 5 rings (SSSR count). The Morgan fingerprint density at radius 2 is 1.60 bits per heavy atom. The lowest BCUT2D eigenvalue weighted by atomic mass is 10.0. The Morgan fingerprint density at radius 1 is 0.914 bits per heavy atom. The highest BCUT2D eigenvalue weighted by molar-refractivity contribution is 7.17. The molecule has 0 bridgehead atoms. The molecule has 0 aliphatic carbocycles. The summed E-state index contributed by atoms with van der Waals surface area (Å²) in [5, 5.41) is 3.23. The SMILES string of the molecule is COc1ccc(-c2csc3nc(C)nc(N4CCN(c5ccc(C(C)=O)cc5)CC4)c23)cc1OC. The van der Waals surface area contributed by atoms with Gasteiger partial charge in [-0.25, -0.2) is 9.97 Å². The van der Waals surface area contributed by atoms with Crippen LogP contribution < -0.4 is 19.3 Å². The fraction of sp³-hybridized carbons (Fsp3) is 0.296. The highest BCUT2D eigenvalue weighted by Gasteiger charge is 2.24. The van der Waals surface area contributed by atoms with Crippen molar-refractivity contribution in [2.24, 2.45) is 0 Å². The molecule has 8 heteroatoms. The van der Waals surface area contributed by atoms with E-state index in [1.807, 2.05) is 43.3 Å². The zero-order chi connectivity index (χ0) is 24.5. The number of anilines is 2. The number of aryl methyl sites for hydroxylation is 1. The minimum atomic E-state index is 0.0885. The zero-order valence-corrected chi connectivity index (χ0v) is 21.2. The second-order valence-corrected chi connectivity index (χ2v) is 9.43. The van der Waals surface area contributed by atoms with E-state index in [9.17, 15) is 4.79 Å². The normalized spacial score (nSPS) is 13.8. The molecule has 0 atom stereocenters. The van der Waals surface area contributed by atoms with E-state index in [1.54, 1.807) is 32.5 Å². The van der Waals surface area contributed by atoms with E-state index in [1.165, 1.54) is 0 Å². The number of thiophene rings is 1. The molecule has 35 heavy (non-hydrogen) atoms. The molecule has 0 saturated carbocycles. The van der Waals surface area contributed by atoms with Crippen molar-refractivity contribution >= 4 is 38.8 Å². The Morgan fingerprint density at radius 3 is 2.26 bits per heavy atom. The summed E-state index contributed by atoms with van der Waals surface area (Å²) >= 11 is 1.64. The Labute approximate surface area is 208 Å². The molecule has 1 saturated heterocycles. The van der Waals surface area contributed by atoms with Crippen molar-refractivity contribution in [2.45, 2.75) is 13.8 Å². The van der Waals surface area contributed by atoms with Gasteiger partial charge in [-0.2, -0.15) is 0 Å². The van der Waals surface area contributed by atoms with Crippen molar-refractivity contribution < 1.29 is 14.3 Å². The number of nitrogens with zero attached hydrogens (tertiary/aromatic N) is 4. The summed E-state index contributed by atoms with van der Waals surface area (Å²) in [4.78, 5) is 26.9. The number of carbonyl (C=O) groups excluding carboxylic acids is 1. The second kappa shape index (κ2) is 9.54. The van der Waals surface area contributed by atoms with Crippen molar-refractivity contribution in [2.75, 3.05) is 50.2 Å². The molecule has 7 nitrogen and oxygen atoms in total. The van der Waals surface area contributed by atoms with Crippen LogP contribution in [0.25, 0.3) is 21.3 Å². The van der Waals surface area contributed by atoms with Gasteiger partial charge in [0.2, 0.25) is 0 Å². The first-order valence-electron chi connectivity index (χ1n) is 11.6. The quantitative estimate of drug-likeness (QED) is 0.345. The Hall–Kier alpha value is -3.65. The monoisotopic (exact) mass is 488 g/mol. The van der Waals surface area contributed by atoms with Crippen molar-refractivity contribution in [3.63, 3.8) is 0 Å². The third-order valence-corrected chi connectivity index (χ3v) is 7.31. The molecular weight excluding hydrogens is 460 g/mol. The van der Waals surface area contributed by atoms with Gasteiger partial charge in [0, 0.05) is 48.4 Å². The topological polar surface area (TPSA) is 67.8 Å². The fourth-order valence-electron chi connectivity index (χ4n) is 4.56. The Bertz CT molecular complexity index is 1380. The largest absolute Gasteiger partial charge is 0.493 e. The molecule has 0 N–H and O–H groups in total. The molecule has 0 unspecified atom stereocenters. The highest BCUT2D eigenvalue weighted by atomic mass is 32.1. The van der Waals surface area contributed by atoms with E-state index in [0.717, 1.165) is 70.4 Å². The maximum absolute atomic E-state index is 11.6. The average Bonchev–Trinajstić information content (AvgIpc) is 3.31. The lowest BCUT2D eigenvalue weighted by Gasteiger charge is -2.37. The predicted molar refractivity (Wildman–Crippen MR) is 142 cm³/mol. The molecule has 180 valence electrons. The van der Waals surface area contributed by atoms with Crippen LogP contribution in [0.2, 0.25) is 0 Å². The predicted octanol–water partition coefficient (Wildman–Crippen LogP) is 5.21. The Kier molecular flexibility index (Phi) is 6.30. The average molecular weight is 489 g/mol. The fourth-order valence-corrected chi connectivity index (χ4v) is 5.54. The number of benzene rings is 2. The molecule has 0 amide bonds. The molecule has 1 fully saturated rings. The van der Waals surface area contributed by atoms with Crippen LogP contribution in [0, 0.1) is 6.92 Å². The number of aromatic nitrogens is 2. The third-order valence-electron chi connectivity index (χ3n) is 6.44. The standard InChI is InChI=1S/C27H28N4O3S/c1-17(32)19-5-8-21(9-6-19)30-11-13-31(14-12-30)26-25-22(16-35-27(25)29-18(2)28-26)20-7-10-23(33-3)24(15-20)34-4/h5-10,15-16H,11-14H2,1-4H3. The molecule has 0 radical (unpaired) electrons. The molecule has 2 aromatic carbocycles. The molecular formula is C27H28N4O3S. The van der Waals surface area contributed by atoms with E-state index in [4.69, 9.17) is 19.4 Å².